The van der Waals surface area contributed by atoms with Gasteiger partial charge in [-0.2, -0.15) is 0 Å². The Morgan fingerprint density at radius 2 is 1.44 bits per heavy atom. The van der Waals surface area contributed by atoms with E-state index in [-0.39, 0.29) is 5.91 Å². The minimum Gasteiger partial charge on any atom is -0.545 e. The number of carboxylic acids is 1. The van der Waals surface area contributed by atoms with Crippen molar-refractivity contribution in [1.29, 1.82) is 0 Å². The maximum absolute atomic E-state index is 12.3. The largest absolute Gasteiger partial charge is 0.545 e. The van der Waals surface area contributed by atoms with Crippen molar-refractivity contribution in [3.63, 3.8) is 0 Å². The average molecular weight is 337 g/mol. The van der Waals surface area contributed by atoms with Gasteiger partial charge >= 0.3 is 0 Å². The fourth-order valence-corrected chi connectivity index (χ4v) is 2.28. The summed E-state index contributed by atoms with van der Waals surface area (Å²) in [5, 5.41) is 15.5. The van der Waals surface area contributed by atoms with Gasteiger partial charge in [-0.3, -0.25) is 9.59 Å². The van der Waals surface area contributed by atoms with Crippen LogP contribution in [-0.2, 0) is 9.59 Å². The van der Waals surface area contributed by atoms with Crippen LogP contribution in [0.4, 0.5) is 11.4 Å². The monoisotopic (exact) mass is 337 g/mol. The van der Waals surface area contributed by atoms with E-state index in [1.165, 1.54) is 0 Å². The van der Waals surface area contributed by atoms with E-state index in [1.54, 1.807) is 24.3 Å². The van der Waals surface area contributed by atoms with Crippen LogP contribution >= 0.6 is 0 Å². The van der Waals surface area contributed by atoms with Crippen molar-refractivity contribution < 1.29 is 19.5 Å². The number of carbonyl (C=O) groups excluding carboxylic acids is 3. The minimum absolute atomic E-state index is 0.264. The van der Waals surface area contributed by atoms with E-state index in [9.17, 15) is 19.5 Å². The van der Waals surface area contributed by atoms with Crippen molar-refractivity contribution in [3.05, 3.63) is 71.3 Å². The van der Waals surface area contributed by atoms with Crippen LogP contribution in [0.5, 0.6) is 0 Å². The summed E-state index contributed by atoms with van der Waals surface area (Å²) in [7, 11) is 0. The molecule has 0 fully saturated rings. The summed E-state index contributed by atoms with van der Waals surface area (Å²) >= 11 is 0. The smallest absolute Gasteiger partial charge is 0.255 e. The Balaban J connectivity index is 2.02. The second-order valence-electron chi connectivity index (χ2n) is 5.55. The van der Waals surface area contributed by atoms with Crippen LogP contribution in [0.3, 0.4) is 0 Å². The van der Waals surface area contributed by atoms with Crippen molar-refractivity contribution in [2.24, 2.45) is 0 Å². The highest BCUT2D eigenvalue weighted by Crippen LogP contribution is 2.16. The Hall–Kier alpha value is -3.41. The maximum Gasteiger partial charge on any atom is 0.255 e. The lowest BCUT2D eigenvalue weighted by molar-refractivity contribution is -0.297. The number of aryl methyl sites for hydroxylation is 2. The Bertz CT molecular complexity index is 819. The topological polar surface area (TPSA) is 98.3 Å². The normalized spacial score (nSPS) is 10.5. The van der Waals surface area contributed by atoms with E-state index in [0.717, 1.165) is 17.2 Å². The van der Waals surface area contributed by atoms with Gasteiger partial charge in [0, 0.05) is 23.0 Å². The first-order valence-electron chi connectivity index (χ1n) is 7.53. The highest BCUT2D eigenvalue weighted by atomic mass is 16.4. The molecule has 0 aliphatic rings. The lowest BCUT2D eigenvalue weighted by Gasteiger charge is -2.08. The van der Waals surface area contributed by atoms with E-state index in [0.29, 0.717) is 23.0 Å². The van der Waals surface area contributed by atoms with Gasteiger partial charge in [-0.25, -0.2) is 0 Å². The number of anilines is 2. The lowest BCUT2D eigenvalue weighted by atomic mass is 10.1. The van der Waals surface area contributed by atoms with Crippen molar-refractivity contribution >= 4 is 29.2 Å². The number of benzene rings is 2. The zero-order valence-corrected chi connectivity index (χ0v) is 13.8. The standard InChI is InChI=1S/C19H18N2O4/c1-12-9-13(2)11-16(10-12)21-19(25)14-3-5-15(6-4-14)20-17(22)7-8-18(23)24/h3-11H,1-2H3,(H,20,22)(H,21,25)(H,23,24)/p-1/b8-7-. The van der Waals surface area contributed by atoms with Crippen LogP contribution in [0, 0.1) is 13.8 Å². The van der Waals surface area contributed by atoms with E-state index in [4.69, 9.17) is 0 Å². The molecule has 0 heterocycles. The molecule has 6 heteroatoms. The summed E-state index contributed by atoms with van der Waals surface area (Å²) in [5.74, 6) is -2.31. The molecule has 0 atom stereocenters. The van der Waals surface area contributed by atoms with Gasteiger partial charge in [0.25, 0.3) is 5.91 Å². The molecule has 25 heavy (non-hydrogen) atoms. The van der Waals surface area contributed by atoms with Crippen LogP contribution < -0.4 is 15.7 Å². The highest BCUT2D eigenvalue weighted by molar-refractivity contribution is 6.05. The molecule has 128 valence electrons. The van der Waals surface area contributed by atoms with Gasteiger partial charge in [0.1, 0.15) is 0 Å². The number of hydrogen-bond acceptors (Lipinski definition) is 4. The summed E-state index contributed by atoms with van der Waals surface area (Å²) in [5.41, 5.74) is 3.70. The highest BCUT2D eigenvalue weighted by Gasteiger charge is 2.07. The summed E-state index contributed by atoms with van der Waals surface area (Å²) in [6, 6.07) is 12.0. The summed E-state index contributed by atoms with van der Waals surface area (Å²) in [6.45, 7) is 3.91. The third-order valence-corrected chi connectivity index (χ3v) is 3.26. The van der Waals surface area contributed by atoms with Gasteiger partial charge < -0.3 is 20.5 Å². The number of amides is 2. The molecule has 0 unspecified atom stereocenters. The molecule has 2 rings (SSSR count). The predicted octanol–water partition coefficient (Wildman–Crippen LogP) is 1.80. The van der Waals surface area contributed by atoms with Crippen molar-refractivity contribution in [2.75, 3.05) is 10.6 Å². The SMILES string of the molecule is Cc1cc(C)cc(NC(=O)c2ccc(NC(=O)/C=C\C(=O)[O-])cc2)c1. The molecule has 2 aromatic carbocycles. The van der Waals surface area contributed by atoms with E-state index < -0.39 is 11.9 Å². The Morgan fingerprint density at radius 1 is 0.840 bits per heavy atom. The number of carbonyl (C=O) groups is 3. The van der Waals surface area contributed by atoms with E-state index >= 15 is 0 Å². The van der Waals surface area contributed by atoms with Crippen molar-refractivity contribution in [3.8, 4) is 0 Å². The second-order valence-corrected chi connectivity index (χ2v) is 5.55. The van der Waals surface area contributed by atoms with Crippen LogP contribution in [0.2, 0.25) is 0 Å². The van der Waals surface area contributed by atoms with Crippen LogP contribution in [0.25, 0.3) is 0 Å². The Morgan fingerprint density at radius 3 is 2.00 bits per heavy atom. The quantitative estimate of drug-likeness (QED) is 0.813. The number of hydrogen-bond donors (Lipinski definition) is 2. The Labute approximate surface area is 145 Å². The van der Waals surface area contributed by atoms with Crippen molar-refractivity contribution in [1.82, 2.24) is 0 Å². The molecule has 0 aliphatic heterocycles. The summed E-state index contributed by atoms with van der Waals surface area (Å²) in [6.07, 6.45) is 1.50. The molecule has 2 aromatic rings. The molecule has 0 saturated carbocycles. The van der Waals surface area contributed by atoms with Crippen LogP contribution in [0.1, 0.15) is 21.5 Å². The lowest BCUT2D eigenvalue weighted by Crippen LogP contribution is -2.20. The second kappa shape index (κ2) is 7.92. The number of nitrogens with one attached hydrogen (secondary N) is 2. The molecular formula is C19H17N2O4-. The molecule has 0 aromatic heterocycles. The molecule has 0 bridgehead atoms. The maximum atomic E-state index is 12.3. The van der Waals surface area contributed by atoms with Gasteiger partial charge in [-0.1, -0.05) is 6.07 Å². The van der Waals surface area contributed by atoms with Crippen LogP contribution in [0.15, 0.2) is 54.6 Å². The molecule has 6 nitrogen and oxygen atoms in total. The number of carboxylic acid groups (broad SMARTS) is 1. The van der Waals surface area contributed by atoms with Crippen LogP contribution in [-0.4, -0.2) is 17.8 Å². The van der Waals surface area contributed by atoms with E-state index in [2.05, 4.69) is 10.6 Å². The molecule has 2 N–H and O–H groups in total. The number of rotatable bonds is 5. The molecular weight excluding hydrogens is 320 g/mol. The number of aliphatic carboxylic acids is 1. The average Bonchev–Trinajstić information content (AvgIpc) is 2.52. The van der Waals surface area contributed by atoms with E-state index in [1.807, 2.05) is 32.0 Å². The van der Waals surface area contributed by atoms with Gasteiger partial charge in [0.05, 0.1) is 5.97 Å². The Kier molecular flexibility index (Phi) is 5.68. The first-order valence-corrected chi connectivity index (χ1v) is 7.53. The molecule has 0 saturated heterocycles. The predicted molar refractivity (Wildman–Crippen MR) is 93.1 cm³/mol. The molecule has 0 spiro atoms. The third kappa shape index (κ3) is 5.62. The zero-order chi connectivity index (χ0) is 18.4. The molecule has 2 amide bonds. The molecule has 0 aliphatic carbocycles. The molecule has 0 radical (unpaired) electrons. The third-order valence-electron chi connectivity index (χ3n) is 3.26. The van der Waals surface area contributed by atoms with Crippen molar-refractivity contribution in [2.45, 2.75) is 13.8 Å². The van der Waals surface area contributed by atoms with Gasteiger partial charge in [0.15, 0.2) is 0 Å². The van der Waals surface area contributed by atoms with Gasteiger partial charge in [-0.15, -0.1) is 0 Å². The van der Waals surface area contributed by atoms with Gasteiger partial charge in [0.2, 0.25) is 5.91 Å². The summed E-state index contributed by atoms with van der Waals surface area (Å²) in [4.78, 5) is 34.0. The first kappa shape index (κ1) is 17.9. The minimum atomic E-state index is -1.45. The fraction of sp³-hybridized carbons (Fsp3) is 0.105. The fourth-order valence-electron chi connectivity index (χ4n) is 2.28. The summed E-state index contributed by atoms with van der Waals surface area (Å²) < 4.78 is 0. The zero-order valence-electron chi connectivity index (χ0n) is 13.8. The van der Waals surface area contributed by atoms with Gasteiger partial charge in [-0.05, 0) is 67.4 Å². The first-order chi connectivity index (χ1) is 11.8.